The number of carbonyl (C=O) groups excluding carboxylic acids is 1. The van der Waals surface area contributed by atoms with E-state index in [0.717, 1.165) is 37.3 Å². The number of rotatable bonds is 6. The summed E-state index contributed by atoms with van der Waals surface area (Å²) in [6.07, 6.45) is 2.31. The van der Waals surface area contributed by atoms with Crippen molar-refractivity contribution in [3.8, 4) is 5.75 Å². The topological polar surface area (TPSA) is 55.6 Å². The van der Waals surface area contributed by atoms with Crippen LogP contribution in [0.4, 0.5) is 0 Å². The first-order valence-electron chi connectivity index (χ1n) is 8.30. The molecule has 1 heterocycles. The van der Waals surface area contributed by atoms with E-state index in [2.05, 4.69) is 20.8 Å². The molecule has 0 bridgehead atoms. The Labute approximate surface area is 133 Å². The predicted molar refractivity (Wildman–Crippen MR) is 88.7 cm³/mol. The second-order valence-corrected chi connectivity index (χ2v) is 6.50. The zero-order chi connectivity index (χ0) is 16.1. The predicted octanol–water partition coefficient (Wildman–Crippen LogP) is 3.12. The summed E-state index contributed by atoms with van der Waals surface area (Å²) in [7, 11) is 0. The summed E-state index contributed by atoms with van der Waals surface area (Å²) in [6.45, 7) is 7.83. The molecule has 1 aromatic rings. The van der Waals surface area contributed by atoms with Gasteiger partial charge in [-0.2, -0.15) is 0 Å². The molecule has 2 unspecified atom stereocenters. The third kappa shape index (κ3) is 4.01. The molecule has 122 valence electrons. The maximum atomic E-state index is 12.3. The molecule has 0 aromatic heterocycles. The Hall–Kier alpha value is -1.55. The van der Waals surface area contributed by atoms with Crippen LogP contribution in [0.1, 0.15) is 51.6 Å². The van der Waals surface area contributed by atoms with Crippen LogP contribution in [0.3, 0.4) is 0 Å². The number of hydrogen-bond donors (Lipinski definition) is 1. The van der Waals surface area contributed by atoms with Gasteiger partial charge in [0, 0.05) is 19.0 Å². The van der Waals surface area contributed by atoms with Crippen molar-refractivity contribution in [2.45, 2.75) is 52.1 Å². The number of hydrogen-bond acceptors (Lipinski definition) is 3. The van der Waals surface area contributed by atoms with Gasteiger partial charge in [-0.1, -0.05) is 32.9 Å². The van der Waals surface area contributed by atoms with Gasteiger partial charge in [0.1, 0.15) is 5.75 Å². The number of nitrogens with two attached hydrogens (primary N) is 1. The van der Waals surface area contributed by atoms with Crippen LogP contribution in [-0.2, 0) is 4.79 Å². The lowest BCUT2D eigenvalue weighted by Crippen LogP contribution is -2.49. The molecule has 1 saturated heterocycles. The molecule has 1 fully saturated rings. The summed E-state index contributed by atoms with van der Waals surface area (Å²) in [5.41, 5.74) is 7.43. The first kappa shape index (κ1) is 16.8. The molecule has 4 heteroatoms. The fourth-order valence-electron chi connectivity index (χ4n) is 2.99. The van der Waals surface area contributed by atoms with E-state index >= 15 is 0 Å². The van der Waals surface area contributed by atoms with Gasteiger partial charge in [0.2, 0.25) is 5.91 Å². The quantitative estimate of drug-likeness (QED) is 0.878. The zero-order valence-electron chi connectivity index (χ0n) is 13.9. The Kier molecular flexibility index (Phi) is 5.83. The molecular formula is C18H28N2O2. The van der Waals surface area contributed by atoms with Crippen molar-refractivity contribution in [2.24, 2.45) is 11.7 Å². The number of likely N-dealkylation sites (tertiary alicyclic amines) is 1. The average Bonchev–Trinajstić information content (AvgIpc) is 2.49. The van der Waals surface area contributed by atoms with E-state index in [0.29, 0.717) is 12.3 Å². The fraction of sp³-hybridized carbons (Fsp3) is 0.611. The molecule has 0 aliphatic carbocycles. The molecule has 1 amide bonds. The Morgan fingerprint density at radius 3 is 2.59 bits per heavy atom. The Balaban J connectivity index is 2.19. The maximum absolute atomic E-state index is 12.3. The minimum Gasteiger partial charge on any atom is -0.494 e. The van der Waals surface area contributed by atoms with Gasteiger partial charge in [-0.05, 0) is 36.5 Å². The van der Waals surface area contributed by atoms with Crippen molar-refractivity contribution in [2.75, 3.05) is 13.2 Å². The standard InChI is InChI=1S/C18H28N2O2/c1-4-11-22-15-7-5-14(6-8-15)18-16(19)9-10-17(21)20(18)12-13(2)3/h5-8,13,16,18H,4,9-12,19H2,1-3H3. The van der Waals surface area contributed by atoms with Crippen LogP contribution in [0.15, 0.2) is 24.3 Å². The zero-order valence-corrected chi connectivity index (χ0v) is 13.9. The SMILES string of the molecule is CCCOc1ccc(C2C(N)CCC(=O)N2CC(C)C)cc1. The van der Waals surface area contributed by atoms with Gasteiger partial charge < -0.3 is 15.4 Å². The van der Waals surface area contributed by atoms with Crippen molar-refractivity contribution in [1.29, 1.82) is 0 Å². The molecule has 1 aromatic carbocycles. The van der Waals surface area contributed by atoms with E-state index in [4.69, 9.17) is 10.5 Å². The van der Waals surface area contributed by atoms with Crippen LogP contribution in [-0.4, -0.2) is 30.0 Å². The lowest BCUT2D eigenvalue weighted by Gasteiger charge is -2.41. The van der Waals surface area contributed by atoms with Gasteiger partial charge in [-0.3, -0.25) is 4.79 Å². The van der Waals surface area contributed by atoms with Crippen molar-refractivity contribution >= 4 is 5.91 Å². The summed E-state index contributed by atoms with van der Waals surface area (Å²) < 4.78 is 5.63. The van der Waals surface area contributed by atoms with Crippen LogP contribution in [0.25, 0.3) is 0 Å². The highest BCUT2D eigenvalue weighted by molar-refractivity contribution is 5.78. The van der Waals surface area contributed by atoms with Gasteiger partial charge in [0.25, 0.3) is 0 Å². The molecule has 22 heavy (non-hydrogen) atoms. The Morgan fingerprint density at radius 1 is 1.32 bits per heavy atom. The summed E-state index contributed by atoms with van der Waals surface area (Å²) in [4.78, 5) is 14.3. The number of benzene rings is 1. The monoisotopic (exact) mass is 304 g/mol. The second kappa shape index (κ2) is 7.63. The highest BCUT2D eigenvalue weighted by Gasteiger charge is 2.34. The third-order valence-corrected chi connectivity index (χ3v) is 4.01. The Bertz CT molecular complexity index is 484. The molecule has 1 aliphatic heterocycles. The van der Waals surface area contributed by atoms with Crippen LogP contribution in [0, 0.1) is 5.92 Å². The molecular weight excluding hydrogens is 276 g/mol. The van der Waals surface area contributed by atoms with E-state index in [-0.39, 0.29) is 18.0 Å². The molecule has 2 atom stereocenters. The van der Waals surface area contributed by atoms with Crippen LogP contribution < -0.4 is 10.5 Å². The highest BCUT2D eigenvalue weighted by Crippen LogP contribution is 2.32. The summed E-state index contributed by atoms with van der Waals surface area (Å²) in [6, 6.07) is 8.01. The molecule has 0 saturated carbocycles. The molecule has 2 rings (SSSR count). The van der Waals surface area contributed by atoms with Crippen molar-refractivity contribution in [3.05, 3.63) is 29.8 Å². The molecule has 0 radical (unpaired) electrons. The minimum atomic E-state index is -0.0242. The van der Waals surface area contributed by atoms with Crippen molar-refractivity contribution in [1.82, 2.24) is 4.90 Å². The number of nitrogens with zero attached hydrogens (tertiary/aromatic N) is 1. The number of carbonyl (C=O) groups is 1. The minimum absolute atomic E-state index is 0.00106. The van der Waals surface area contributed by atoms with E-state index in [1.165, 1.54) is 0 Å². The van der Waals surface area contributed by atoms with Gasteiger partial charge in [0.15, 0.2) is 0 Å². The Morgan fingerprint density at radius 2 is 2.00 bits per heavy atom. The maximum Gasteiger partial charge on any atom is 0.223 e. The van der Waals surface area contributed by atoms with Gasteiger partial charge in [0.05, 0.1) is 12.6 Å². The lowest BCUT2D eigenvalue weighted by molar-refractivity contribution is -0.138. The second-order valence-electron chi connectivity index (χ2n) is 6.50. The van der Waals surface area contributed by atoms with Crippen LogP contribution in [0.5, 0.6) is 5.75 Å². The van der Waals surface area contributed by atoms with Crippen molar-refractivity contribution in [3.63, 3.8) is 0 Å². The molecule has 4 nitrogen and oxygen atoms in total. The van der Waals surface area contributed by atoms with E-state index < -0.39 is 0 Å². The normalized spacial score (nSPS) is 22.2. The summed E-state index contributed by atoms with van der Waals surface area (Å²) >= 11 is 0. The number of amides is 1. The first-order valence-corrected chi connectivity index (χ1v) is 8.30. The van der Waals surface area contributed by atoms with Crippen LogP contribution in [0.2, 0.25) is 0 Å². The first-order chi connectivity index (χ1) is 10.5. The van der Waals surface area contributed by atoms with E-state index in [1.54, 1.807) is 0 Å². The fourth-order valence-corrected chi connectivity index (χ4v) is 2.99. The number of ether oxygens (including phenoxy) is 1. The molecule has 2 N–H and O–H groups in total. The average molecular weight is 304 g/mol. The number of piperidine rings is 1. The molecule has 1 aliphatic rings. The summed E-state index contributed by atoms with van der Waals surface area (Å²) in [5.74, 6) is 1.52. The van der Waals surface area contributed by atoms with Gasteiger partial charge in [-0.15, -0.1) is 0 Å². The highest BCUT2D eigenvalue weighted by atomic mass is 16.5. The van der Waals surface area contributed by atoms with E-state index in [9.17, 15) is 4.79 Å². The smallest absolute Gasteiger partial charge is 0.223 e. The lowest BCUT2D eigenvalue weighted by atomic mass is 9.90. The third-order valence-electron chi connectivity index (χ3n) is 4.01. The van der Waals surface area contributed by atoms with E-state index in [1.807, 2.05) is 29.2 Å². The van der Waals surface area contributed by atoms with Gasteiger partial charge >= 0.3 is 0 Å². The largest absolute Gasteiger partial charge is 0.494 e. The van der Waals surface area contributed by atoms with Crippen molar-refractivity contribution < 1.29 is 9.53 Å². The summed E-state index contributed by atoms with van der Waals surface area (Å²) in [5, 5.41) is 0. The van der Waals surface area contributed by atoms with Crippen LogP contribution >= 0.6 is 0 Å². The molecule has 0 spiro atoms. The van der Waals surface area contributed by atoms with Gasteiger partial charge in [-0.25, -0.2) is 0 Å².